The molecule has 0 bridgehead atoms. The van der Waals surface area contributed by atoms with Gasteiger partial charge < -0.3 is 10.1 Å². The van der Waals surface area contributed by atoms with E-state index in [2.05, 4.69) is 5.32 Å². The predicted octanol–water partition coefficient (Wildman–Crippen LogP) is 6.97. The first-order valence-corrected chi connectivity index (χ1v) is 11.0. The number of nitrogens with zero attached hydrogens (tertiary/aromatic N) is 1. The van der Waals surface area contributed by atoms with E-state index in [4.69, 9.17) is 53.9 Å². The quantitative estimate of drug-likeness (QED) is 0.214. The van der Waals surface area contributed by atoms with Crippen LogP contribution >= 0.6 is 43.1 Å². The third-order valence-corrected chi connectivity index (χ3v) is 5.12. The van der Waals surface area contributed by atoms with Crippen molar-refractivity contribution in [2.45, 2.75) is 39.2 Å². The Bertz CT molecular complexity index is 898. The standard InChI is InChI=1S/C18H19Cl3N2O3.HO3P/c1-4-18(3,5-2)22-15-10-12(6-7-16(15)23(24)25)26-17-13(20)8-11(19)9-14(17)21;1-4(2)3/h6-10,22H,4-5H2,1-3H3;(H-,1,2,3)/p+1. The Morgan fingerprint density at radius 3 is 2.07 bits per heavy atom. The minimum absolute atomic E-state index is 0.0289. The van der Waals surface area contributed by atoms with E-state index in [0.717, 1.165) is 12.8 Å². The molecule has 0 heterocycles. The molecule has 0 amide bonds. The van der Waals surface area contributed by atoms with Crippen LogP contribution < -0.4 is 10.1 Å². The Labute approximate surface area is 189 Å². The van der Waals surface area contributed by atoms with E-state index >= 15 is 0 Å². The van der Waals surface area contributed by atoms with Crippen LogP contribution in [0.4, 0.5) is 11.4 Å². The molecular weight excluding hydrogens is 478 g/mol. The van der Waals surface area contributed by atoms with Crippen molar-refractivity contribution in [1.29, 1.82) is 0 Å². The molecule has 0 aromatic heterocycles. The summed E-state index contributed by atoms with van der Waals surface area (Å²) in [6.45, 7) is 6.06. The first-order chi connectivity index (χ1) is 13.9. The summed E-state index contributed by atoms with van der Waals surface area (Å²) in [5.74, 6) is 0.616. The Balaban J connectivity index is 0.00000103. The average Bonchev–Trinajstić information content (AvgIpc) is 2.64. The summed E-state index contributed by atoms with van der Waals surface area (Å²) in [5.41, 5.74) is 0.0672. The maximum Gasteiger partial charge on any atom is 0.692 e. The Hall–Kier alpha value is -1.67. The van der Waals surface area contributed by atoms with Gasteiger partial charge in [-0.1, -0.05) is 48.7 Å². The highest BCUT2D eigenvalue weighted by atomic mass is 35.5. The summed E-state index contributed by atoms with van der Waals surface area (Å²) in [7, 11) is -2.87. The number of rotatable bonds is 7. The summed E-state index contributed by atoms with van der Waals surface area (Å²) < 4.78 is 14.5. The lowest BCUT2D eigenvalue weighted by Crippen LogP contribution is -2.33. The van der Waals surface area contributed by atoms with E-state index in [0.29, 0.717) is 16.5 Å². The third-order valence-electron chi connectivity index (χ3n) is 4.34. The van der Waals surface area contributed by atoms with E-state index in [-0.39, 0.29) is 27.0 Å². The number of benzene rings is 2. The molecule has 0 atom stereocenters. The molecule has 2 aromatic carbocycles. The lowest BCUT2D eigenvalue weighted by molar-refractivity contribution is -0.384. The van der Waals surface area contributed by atoms with Gasteiger partial charge in [0.15, 0.2) is 5.75 Å². The van der Waals surface area contributed by atoms with Crippen LogP contribution in [0, 0.1) is 10.1 Å². The SMILES string of the molecule is CCC(C)(CC)Nc1cc(Oc2c(Cl)cc(Cl)cc2Cl)ccc1[N+](=O)[O-].O=[P+](O)O. The summed E-state index contributed by atoms with van der Waals surface area (Å²) in [6, 6.07) is 7.49. The second-order valence-electron chi connectivity index (χ2n) is 6.38. The van der Waals surface area contributed by atoms with Gasteiger partial charge in [0.05, 0.1) is 15.0 Å². The Morgan fingerprint density at radius 2 is 1.63 bits per heavy atom. The van der Waals surface area contributed by atoms with Crippen molar-refractivity contribution in [2.75, 3.05) is 5.32 Å². The highest BCUT2D eigenvalue weighted by Crippen LogP contribution is 2.40. The number of ether oxygens (including phenoxy) is 1. The fourth-order valence-electron chi connectivity index (χ4n) is 2.33. The highest BCUT2D eigenvalue weighted by Gasteiger charge is 2.24. The molecule has 8 nitrogen and oxygen atoms in total. The van der Waals surface area contributed by atoms with Gasteiger partial charge in [-0.3, -0.25) is 10.1 Å². The maximum absolute atomic E-state index is 11.4. The third kappa shape index (κ3) is 7.87. The van der Waals surface area contributed by atoms with Crippen LogP contribution in [-0.4, -0.2) is 20.2 Å². The number of nitrogens with one attached hydrogen (secondary N) is 1. The van der Waals surface area contributed by atoms with Gasteiger partial charge in [0.25, 0.3) is 5.69 Å². The first kappa shape index (κ1) is 26.4. The fourth-order valence-corrected chi connectivity index (χ4v) is 3.23. The van der Waals surface area contributed by atoms with Crippen LogP contribution in [0.5, 0.6) is 11.5 Å². The monoisotopic (exact) mass is 497 g/mol. The number of anilines is 1. The summed E-state index contributed by atoms with van der Waals surface area (Å²) in [6.07, 6.45) is 1.61. The number of nitro groups is 1. The Kier molecular flexibility index (Phi) is 10.2. The van der Waals surface area contributed by atoms with E-state index in [1.807, 2.05) is 20.8 Å². The maximum atomic E-state index is 11.4. The van der Waals surface area contributed by atoms with Gasteiger partial charge in [0, 0.05) is 27.3 Å². The van der Waals surface area contributed by atoms with Crippen molar-refractivity contribution < 1.29 is 24.0 Å². The lowest BCUT2D eigenvalue weighted by atomic mass is 9.95. The molecule has 12 heteroatoms. The Morgan fingerprint density at radius 1 is 1.13 bits per heavy atom. The van der Waals surface area contributed by atoms with Crippen LogP contribution in [0.3, 0.4) is 0 Å². The molecule has 164 valence electrons. The van der Waals surface area contributed by atoms with Gasteiger partial charge in [-0.2, -0.15) is 0 Å². The van der Waals surface area contributed by atoms with Crippen LogP contribution in [0.1, 0.15) is 33.6 Å². The highest BCUT2D eigenvalue weighted by molar-refractivity contribution is 7.30. The van der Waals surface area contributed by atoms with E-state index < -0.39 is 13.2 Å². The van der Waals surface area contributed by atoms with E-state index in [1.165, 1.54) is 24.3 Å². The summed E-state index contributed by atoms with van der Waals surface area (Å²) >= 11 is 18.2. The molecule has 0 aliphatic heterocycles. The van der Waals surface area contributed by atoms with Crippen LogP contribution in [0.2, 0.25) is 15.1 Å². The normalized spacial score (nSPS) is 10.7. The zero-order chi connectivity index (χ0) is 23.1. The lowest BCUT2D eigenvalue weighted by Gasteiger charge is -2.29. The molecule has 0 aliphatic carbocycles. The van der Waals surface area contributed by atoms with Crippen molar-refractivity contribution in [1.82, 2.24) is 0 Å². The van der Waals surface area contributed by atoms with E-state index in [1.54, 1.807) is 6.07 Å². The molecule has 0 radical (unpaired) electrons. The number of nitro benzene ring substituents is 1. The second kappa shape index (κ2) is 11.6. The molecule has 2 aromatic rings. The van der Waals surface area contributed by atoms with Gasteiger partial charge in [-0.15, -0.1) is 9.79 Å². The van der Waals surface area contributed by atoms with E-state index in [9.17, 15) is 10.1 Å². The largest absolute Gasteiger partial charge is 0.692 e. The number of hydrogen-bond acceptors (Lipinski definition) is 5. The molecule has 0 aliphatic rings. The van der Waals surface area contributed by atoms with Crippen molar-refractivity contribution in [3.8, 4) is 11.5 Å². The molecular formula is C18H21Cl3N2O6P+. The van der Waals surface area contributed by atoms with Crippen molar-refractivity contribution in [3.05, 3.63) is 55.5 Å². The van der Waals surface area contributed by atoms with Gasteiger partial charge in [-0.05, 0) is 38.0 Å². The smallest absolute Gasteiger partial charge is 0.454 e. The molecule has 3 N–H and O–H groups in total. The molecule has 30 heavy (non-hydrogen) atoms. The number of halogens is 3. The topological polar surface area (TPSA) is 122 Å². The molecule has 2 rings (SSSR count). The second-order valence-corrected chi connectivity index (χ2v) is 8.14. The van der Waals surface area contributed by atoms with Crippen LogP contribution in [-0.2, 0) is 4.57 Å². The van der Waals surface area contributed by atoms with Crippen LogP contribution in [0.15, 0.2) is 30.3 Å². The van der Waals surface area contributed by atoms with Gasteiger partial charge >= 0.3 is 8.25 Å². The molecule has 0 spiro atoms. The van der Waals surface area contributed by atoms with Gasteiger partial charge in [0.1, 0.15) is 11.4 Å². The van der Waals surface area contributed by atoms with Crippen molar-refractivity contribution in [3.63, 3.8) is 0 Å². The first-order valence-electron chi connectivity index (χ1n) is 8.66. The summed E-state index contributed by atoms with van der Waals surface area (Å²) in [5, 5.41) is 15.5. The molecule has 0 unspecified atom stereocenters. The van der Waals surface area contributed by atoms with Gasteiger partial charge in [-0.25, -0.2) is 0 Å². The zero-order valence-electron chi connectivity index (χ0n) is 16.4. The van der Waals surface area contributed by atoms with Crippen LogP contribution in [0.25, 0.3) is 0 Å². The van der Waals surface area contributed by atoms with Crippen molar-refractivity contribution >= 4 is 54.4 Å². The predicted molar refractivity (Wildman–Crippen MR) is 119 cm³/mol. The zero-order valence-corrected chi connectivity index (χ0v) is 19.5. The average molecular weight is 499 g/mol. The molecule has 0 saturated heterocycles. The van der Waals surface area contributed by atoms with Crippen molar-refractivity contribution in [2.24, 2.45) is 0 Å². The minimum Gasteiger partial charge on any atom is -0.454 e. The number of hydrogen-bond donors (Lipinski definition) is 3. The van der Waals surface area contributed by atoms with Gasteiger partial charge in [0.2, 0.25) is 0 Å². The fraction of sp³-hybridized carbons (Fsp3) is 0.333. The molecule has 0 fully saturated rings. The molecule has 0 saturated carbocycles. The minimum atomic E-state index is -2.87. The summed E-state index contributed by atoms with van der Waals surface area (Å²) in [4.78, 5) is 25.2.